The van der Waals surface area contributed by atoms with Gasteiger partial charge in [-0.2, -0.15) is 15.8 Å². The van der Waals surface area contributed by atoms with Gasteiger partial charge in [0.05, 0.1) is 23.4 Å². The lowest BCUT2D eigenvalue weighted by Gasteiger charge is -2.43. The van der Waals surface area contributed by atoms with E-state index < -0.39 is 5.41 Å². The molecule has 0 amide bonds. The molecule has 3 atom stereocenters. The molecule has 0 saturated carbocycles. The van der Waals surface area contributed by atoms with Crippen molar-refractivity contribution in [2.24, 2.45) is 23.0 Å². The molecule has 0 fully saturated rings. The first-order chi connectivity index (χ1) is 11.1. The summed E-state index contributed by atoms with van der Waals surface area (Å²) in [6.45, 7) is 2.16. The number of fused-ring (bicyclic) bond motifs is 1. The SMILES string of the molecule is C[C@@H]1CC=C2C(C#N)=C(N)C(C#N)(C#N)[C@@H](c3cccs3)[C@H]2C1. The second-order valence-electron chi connectivity index (χ2n) is 6.27. The average Bonchev–Trinajstić information content (AvgIpc) is 3.08. The van der Waals surface area contributed by atoms with Crippen molar-refractivity contribution in [1.82, 2.24) is 0 Å². The molecule has 4 nitrogen and oxygen atoms in total. The zero-order valence-corrected chi connectivity index (χ0v) is 13.6. The van der Waals surface area contributed by atoms with E-state index in [0.29, 0.717) is 11.5 Å². The van der Waals surface area contributed by atoms with Gasteiger partial charge in [0.1, 0.15) is 6.07 Å². The van der Waals surface area contributed by atoms with Crippen LogP contribution < -0.4 is 5.73 Å². The predicted octanol–water partition coefficient (Wildman–Crippen LogP) is 3.59. The van der Waals surface area contributed by atoms with E-state index >= 15 is 0 Å². The minimum atomic E-state index is -1.48. The standard InChI is InChI=1S/C18H16N4S/c1-11-4-5-12-13(7-11)16(15-3-2-6-23-15)18(9-20,10-21)17(22)14(12)8-19/h2-3,5-6,11,13,16H,4,7,22H2,1H3/t11-,13+,16-/m1/s1. The highest BCUT2D eigenvalue weighted by atomic mass is 32.1. The fraction of sp³-hybridized carbons (Fsp3) is 0.389. The first-order valence-electron chi connectivity index (χ1n) is 7.55. The molecule has 0 unspecified atom stereocenters. The van der Waals surface area contributed by atoms with E-state index in [2.05, 4.69) is 31.2 Å². The number of nitrogens with zero attached hydrogens (tertiary/aromatic N) is 3. The van der Waals surface area contributed by atoms with Crippen molar-refractivity contribution in [1.29, 1.82) is 15.8 Å². The van der Waals surface area contributed by atoms with Crippen LogP contribution in [0.25, 0.3) is 0 Å². The van der Waals surface area contributed by atoms with Gasteiger partial charge >= 0.3 is 0 Å². The van der Waals surface area contributed by atoms with Crippen LogP contribution in [0.4, 0.5) is 0 Å². The number of thiophene rings is 1. The maximum atomic E-state index is 9.84. The number of allylic oxidation sites excluding steroid dienone is 4. The highest BCUT2D eigenvalue weighted by Gasteiger charge is 2.54. The van der Waals surface area contributed by atoms with Crippen molar-refractivity contribution < 1.29 is 0 Å². The third kappa shape index (κ3) is 2.07. The minimum Gasteiger partial charge on any atom is -0.399 e. The van der Waals surface area contributed by atoms with Crippen molar-refractivity contribution in [2.45, 2.75) is 25.7 Å². The lowest BCUT2D eigenvalue weighted by Crippen LogP contribution is -2.43. The van der Waals surface area contributed by atoms with E-state index in [1.165, 1.54) is 11.3 Å². The smallest absolute Gasteiger partial charge is 0.192 e. The van der Waals surface area contributed by atoms with Crippen LogP contribution in [0.1, 0.15) is 30.6 Å². The van der Waals surface area contributed by atoms with Crippen molar-refractivity contribution >= 4 is 11.3 Å². The summed E-state index contributed by atoms with van der Waals surface area (Å²) in [5, 5.41) is 31.2. The van der Waals surface area contributed by atoms with Crippen LogP contribution in [0, 0.1) is 51.2 Å². The normalized spacial score (nSPS) is 28.8. The maximum absolute atomic E-state index is 9.84. The molecule has 1 aromatic heterocycles. The summed E-state index contributed by atoms with van der Waals surface area (Å²) in [5.41, 5.74) is 6.09. The number of nitriles is 3. The summed E-state index contributed by atoms with van der Waals surface area (Å²) in [5.74, 6) is 0.128. The molecule has 0 aliphatic heterocycles. The molecule has 2 aliphatic rings. The molecule has 0 bridgehead atoms. The number of hydrogen-bond acceptors (Lipinski definition) is 5. The molecule has 2 aliphatic carbocycles. The van der Waals surface area contributed by atoms with Gasteiger partial charge in [-0.3, -0.25) is 0 Å². The fourth-order valence-corrected chi connectivity index (χ4v) is 4.81. The first-order valence-corrected chi connectivity index (χ1v) is 8.43. The Morgan fingerprint density at radius 1 is 1.30 bits per heavy atom. The van der Waals surface area contributed by atoms with Gasteiger partial charge in [-0.1, -0.05) is 19.1 Å². The molecule has 1 heterocycles. The van der Waals surface area contributed by atoms with E-state index in [9.17, 15) is 15.8 Å². The van der Waals surface area contributed by atoms with Gasteiger partial charge in [0.2, 0.25) is 0 Å². The Kier molecular flexibility index (Phi) is 3.72. The van der Waals surface area contributed by atoms with Crippen LogP contribution in [-0.2, 0) is 0 Å². The molecule has 2 N–H and O–H groups in total. The van der Waals surface area contributed by atoms with E-state index in [0.717, 1.165) is 23.3 Å². The lowest BCUT2D eigenvalue weighted by molar-refractivity contribution is 0.287. The van der Waals surface area contributed by atoms with E-state index in [1.807, 2.05) is 17.5 Å². The number of hydrogen-bond donors (Lipinski definition) is 1. The molecule has 0 saturated heterocycles. The highest BCUT2D eigenvalue weighted by molar-refractivity contribution is 7.10. The van der Waals surface area contributed by atoms with E-state index in [4.69, 9.17) is 5.73 Å². The van der Waals surface area contributed by atoms with Crippen molar-refractivity contribution in [2.75, 3.05) is 0 Å². The van der Waals surface area contributed by atoms with Crippen LogP contribution >= 0.6 is 11.3 Å². The van der Waals surface area contributed by atoms with Gasteiger partial charge in [0, 0.05) is 10.8 Å². The molecular formula is C18H16N4S. The van der Waals surface area contributed by atoms with Gasteiger partial charge in [0.15, 0.2) is 5.41 Å². The van der Waals surface area contributed by atoms with Crippen LogP contribution in [0.15, 0.2) is 40.4 Å². The van der Waals surface area contributed by atoms with Gasteiger partial charge in [-0.15, -0.1) is 11.3 Å². The topological polar surface area (TPSA) is 97.4 Å². The Bertz CT molecular complexity index is 797. The Labute approximate surface area is 139 Å². The molecule has 1 aromatic rings. The van der Waals surface area contributed by atoms with E-state index in [-0.39, 0.29) is 17.5 Å². The summed E-state index contributed by atoms with van der Waals surface area (Å²) in [6, 6.07) is 10.3. The van der Waals surface area contributed by atoms with Gasteiger partial charge in [-0.25, -0.2) is 0 Å². The molecular weight excluding hydrogens is 304 g/mol. The second kappa shape index (κ2) is 5.58. The fourth-order valence-electron chi connectivity index (χ4n) is 3.85. The predicted molar refractivity (Wildman–Crippen MR) is 87.5 cm³/mol. The maximum Gasteiger partial charge on any atom is 0.192 e. The Balaban J connectivity index is 2.33. The van der Waals surface area contributed by atoms with Gasteiger partial charge in [-0.05, 0) is 41.7 Å². The Hall–Kier alpha value is -2.55. The minimum absolute atomic E-state index is 0.0151. The number of rotatable bonds is 1. The van der Waals surface area contributed by atoms with Gasteiger partial charge in [0.25, 0.3) is 0 Å². The first kappa shape index (κ1) is 15.3. The molecule has 23 heavy (non-hydrogen) atoms. The molecule has 3 rings (SSSR count). The quantitative estimate of drug-likeness (QED) is 0.855. The summed E-state index contributed by atoms with van der Waals surface area (Å²) in [7, 11) is 0. The van der Waals surface area contributed by atoms with Crippen LogP contribution in [-0.4, -0.2) is 0 Å². The molecule has 0 spiro atoms. The molecule has 0 aromatic carbocycles. The average molecular weight is 320 g/mol. The van der Waals surface area contributed by atoms with Gasteiger partial charge < -0.3 is 5.73 Å². The molecule has 0 radical (unpaired) electrons. The lowest BCUT2D eigenvalue weighted by atomic mass is 9.57. The third-order valence-corrected chi connectivity index (χ3v) is 5.92. The van der Waals surface area contributed by atoms with Crippen LogP contribution in [0.5, 0.6) is 0 Å². The zero-order chi connectivity index (χ0) is 16.6. The molecule has 5 heteroatoms. The Morgan fingerprint density at radius 2 is 2.04 bits per heavy atom. The third-order valence-electron chi connectivity index (χ3n) is 4.96. The van der Waals surface area contributed by atoms with Crippen LogP contribution in [0.2, 0.25) is 0 Å². The van der Waals surface area contributed by atoms with Crippen molar-refractivity contribution in [3.8, 4) is 18.2 Å². The molecule has 114 valence electrons. The van der Waals surface area contributed by atoms with Crippen molar-refractivity contribution in [3.05, 3.63) is 45.3 Å². The Morgan fingerprint density at radius 3 is 2.61 bits per heavy atom. The summed E-state index contributed by atoms with van der Waals surface area (Å²) in [6.07, 6.45) is 3.83. The zero-order valence-electron chi connectivity index (χ0n) is 12.8. The summed E-state index contributed by atoms with van der Waals surface area (Å²) >= 11 is 1.54. The second-order valence-corrected chi connectivity index (χ2v) is 7.25. The van der Waals surface area contributed by atoms with Crippen LogP contribution in [0.3, 0.4) is 0 Å². The summed E-state index contributed by atoms with van der Waals surface area (Å²) < 4.78 is 0. The van der Waals surface area contributed by atoms with E-state index in [1.54, 1.807) is 0 Å². The number of nitrogens with two attached hydrogens (primary N) is 1. The summed E-state index contributed by atoms with van der Waals surface area (Å²) in [4.78, 5) is 0.984. The monoisotopic (exact) mass is 320 g/mol. The highest BCUT2D eigenvalue weighted by Crippen LogP contribution is 2.57. The largest absolute Gasteiger partial charge is 0.399 e. The van der Waals surface area contributed by atoms with Crippen molar-refractivity contribution in [3.63, 3.8) is 0 Å².